The van der Waals surface area contributed by atoms with Crippen molar-refractivity contribution in [2.24, 2.45) is 5.73 Å². The first-order valence-electron chi connectivity index (χ1n) is 3.60. The second-order valence-corrected chi connectivity index (χ2v) is 3.11. The Hall–Kier alpha value is -1.14. The summed E-state index contributed by atoms with van der Waals surface area (Å²) < 4.78 is 8.82. The maximum Gasteiger partial charge on any atom is 0.305 e. The number of aromatic nitrogens is 1. The van der Waals surface area contributed by atoms with Crippen LogP contribution in [0.3, 0.4) is 0 Å². The summed E-state index contributed by atoms with van der Waals surface area (Å²) in [4.78, 5) is 10.4. The molecule has 3 N–H and O–H groups in total. The lowest BCUT2D eigenvalue weighted by Crippen LogP contribution is -2.15. The first-order valence-corrected chi connectivity index (χ1v) is 4.44. The Morgan fingerprint density at radius 3 is 3.15 bits per heavy atom. The summed E-state index contributed by atoms with van der Waals surface area (Å²) in [5.74, 6) is -0.514. The van der Waals surface area contributed by atoms with Gasteiger partial charge in [0.1, 0.15) is 0 Å². The summed E-state index contributed by atoms with van der Waals surface area (Å²) >= 11 is 1.20. The van der Waals surface area contributed by atoms with Crippen LogP contribution in [0.2, 0.25) is 0 Å². The van der Waals surface area contributed by atoms with Crippen molar-refractivity contribution in [1.82, 2.24) is 4.37 Å². The van der Waals surface area contributed by atoms with Crippen LogP contribution in [0.1, 0.15) is 18.0 Å². The van der Waals surface area contributed by atoms with E-state index in [1.807, 2.05) is 0 Å². The fourth-order valence-corrected chi connectivity index (χ4v) is 1.65. The van der Waals surface area contributed by atoms with Crippen molar-refractivity contribution in [2.75, 3.05) is 7.11 Å². The minimum absolute atomic E-state index is 0.116. The predicted molar refractivity (Wildman–Crippen MR) is 47.8 cm³/mol. The molecule has 6 heteroatoms. The van der Waals surface area contributed by atoms with Gasteiger partial charge in [0.2, 0.25) is 5.88 Å². The van der Waals surface area contributed by atoms with Crippen molar-refractivity contribution < 1.29 is 14.6 Å². The van der Waals surface area contributed by atoms with Gasteiger partial charge >= 0.3 is 5.97 Å². The highest BCUT2D eigenvalue weighted by molar-refractivity contribution is 7.03. The average Bonchev–Trinajstić information content (AvgIpc) is 2.49. The number of rotatable bonds is 4. The summed E-state index contributed by atoms with van der Waals surface area (Å²) in [5.41, 5.74) is 6.27. The molecule has 1 atom stereocenters. The Bertz CT molecular complexity index is 300. The Kier molecular flexibility index (Phi) is 3.21. The summed E-state index contributed by atoms with van der Waals surface area (Å²) in [6, 6.07) is -0.550. The number of ether oxygens (including phenoxy) is 1. The van der Waals surface area contributed by atoms with Gasteiger partial charge in [-0.2, -0.15) is 4.37 Å². The van der Waals surface area contributed by atoms with Gasteiger partial charge < -0.3 is 15.6 Å². The van der Waals surface area contributed by atoms with Crippen molar-refractivity contribution >= 4 is 17.5 Å². The molecule has 5 nitrogen and oxygen atoms in total. The molecule has 0 unspecified atom stereocenters. The van der Waals surface area contributed by atoms with E-state index in [2.05, 4.69) is 4.37 Å². The molecule has 0 saturated carbocycles. The Balaban J connectivity index is 2.75. The molecule has 0 radical (unpaired) electrons. The molecular formula is C7H10N2O3S. The number of nitrogens with two attached hydrogens (primary N) is 1. The Morgan fingerprint density at radius 2 is 2.62 bits per heavy atom. The van der Waals surface area contributed by atoms with Crippen molar-refractivity contribution in [1.29, 1.82) is 0 Å². The maximum atomic E-state index is 10.4. The van der Waals surface area contributed by atoms with Gasteiger partial charge in [0.15, 0.2) is 0 Å². The van der Waals surface area contributed by atoms with E-state index in [9.17, 15) is 4.79 Å². The summed E-state index contributed by atoms with van der Waals surface area (Å²) in [7, 11) is 1.48. The second kappa shape index (κ2) is 4.20. The van der Waals surface area contributed by atoms with E-state index in [4.69, 9.17) is 15.6 Å². The van der Waals surface area contributed by atoms with Gasteiger partial charge in [-0.05, 0) is 11.5 Å². The van der Waals surface area contributed by atoms with E-state index < -0.39 is 12.0 Å². The molecular weight excluding hydrogens is 192 g/mol. The third-order valence-corrected chi connectivity index (χ3v) is 2.18. The summed E-state index contributed by atoms with van der Waals surface area (Å²) in [6.07, 6.45) is -0.116. The molecule has 1 rings (SSSR count). The highest BCUT2D eigenvalue weighted by Crippen LogP contribution is 2.25. The minimum atomic E-state index is -0.930. The van der Waals surface area contributed by atoms with Gasteiger partial charge in [-0.3, -0.25) is 4.79 Å². The number of aliphatic carboxylic acids is 1. The number of hydrogen-bond donors (Lipinski definition) is 2. The van der Waals surface area contributed by atoms with Crippen LogP contribution in [0, 0.1) is 0 Å². The average molecular weight is 202 g/mol. The lowest BCUT2D eigenvalue weighted by molar-refractivity contribution is -0.137. The van der Waals surface area contributed by atoms with E-state index in [1.54, 1.807) is 5.38 Å². The summed E-state index contributed by atoms with van der Waals surface area (Å²) in [5, 5.41) is 10.2. The largest absolute Gasteiger partial charge is 0.481 e. The minimum Gasteiger partial charge on any atom is -0.481 e. The standard InChI is InChI=1S/C7H10N2O3S/c1-12-7-4(3-13-9-7)5(8)2-6(10)11/h3,5H,2,8H2,1H3,(H,10,11)/t5-/m0/s1. The molecule has 1 aromatic heterocycles. The number of methoxy groups -OCH3 is 1. The van der Waals surface area contributed by atoms with Crippen molar-refractivity contribution in [2.45, 2.75) is 12.5 Å². The third kappa shape index (κ3) is 2.40. The van der Waals surface area contributed by atoms with Crippen LogP contribution in [0.4, 0.5) is 0 Å². The fraction of sp³-hybridized carbons (Fsp3) is 0.429. The molecule has 0 amide bonds. The molecule has 1 heterocycles. The fourth-order valence-electron chi connectivity index (χ4n) is 0.933. The zero-order chi connectivity index (χ0) is 9.84. The van der Waals surface area contributed by atoms with Crippen LogP contribution in [-0.4, -0.2) is 22.6 Å². The van der Waals surface area contributed by atoms with E-state index >= 15 is 0 Å². The SMILES string of the molecule is COc1nscc1[C@@H](N)CC(=O)O. The first kappa shape index (κ1) is 9.94. The highest BCUT2D eigenvalue weighted by Gasteiger charge is 2.16. The van der Waals surface area contributed by atoms with Gasteiger partial charge in [0.05, 0.1) is 13.5 Å². The van der Waals surface area contributed by atoms with Gasteiger partial charge in [-0.1, -0.05) is 0 Å². The Labute approximate surface area is 79.3 Å². The molecule has 0 aliphatic rings. The van der Waals surface area contributed by atoms with E-state index in [1.165, 1.54) is 18.6 Å². The van der Waals surface area contributed by atoms with Gasteiger partial charge in [-0.25, -0.2) is 0 Å². The molecule has 0 aromatic carbocycles. The number of carboxylic acids is 1. The number of carboxylic acid groups (broad SMARTS) is 1. The molecule has 1 aromatic rings. The first-order chi connectivity index (χ1) is 6.15. The van der Waals surface area contributed by atoms with Crippen molar-refractivity contribution in [3.8, 4) is 5.88 Å². The van der Waals surface area contributed by atoms with Crippen LogP contribution in [0.15, 0.2) is 5.38 Å². The molecule has 72 valence electrons. The van der Waals surface area contributed by atoms with E-state index in [0.717, 1.165) is 0 Å². The number of carbonyl (C=O) groups is 1. The molecule has 0 spiro atoms. The second-order valence-electron chi connectivity index (χ2n) is 2.48. The quantitative estimate of drug-likeness (QED) is 0.747. The van der Waals surface area contributed by atoms with Crippen LogP contribution >= 0.6 is 11.5 Å². The normalized spacial score (nSPS) is 12.5. The molecule has 0 fully saturated rings. The molecule has 13 heavy (non-hydrogen) atoms. The highest BCUT2D eigenvalue weighted by atomic mass is 32.1. The molecule has 0 saturated heterocycles. The number of nitrogens with zero attached hydrogens (tertiary/aromatic N) is 1. The van der Waals surface area contributed by atoms with E-state index in [-0.39, 0.29) is 6.42 Å². The third-order valence-electron chi connectivity index (χ3n) is 1.55. The lowest BCUT2D eigenvalue weighted by atomic mass is 10.1. The van der Waals surface area contributed by atoms with Crippen molar-refractivity contribution in [3.63, 3.8) is 0 Å². The molecule has 0 aliphatic carbocycles. The smallest absolute Gasteiger partial charge is 0.305 e. The zero-order valence-corrected chi connectivity index (χ0v) is 7.87. The van der Waals surface area contributed by atoms with E-state index in [0.29, 0.717) is 11.4 Å². The van der Waals surface area contributed by atoms with Crippen LogP contribution in [0.25, 0.3) is 0 Å². The van der Waals surface area contributed by atoms with Gasteiger partial charge in [-0.15, -0.1) is 0 Å². The molecule has 0 aliphatic heterocycles. The Morgan fingerprint density at radius 1 is 1.92 bits per heavy atom. The van der Waals surface area contributed by atoms with Crippen LogP contribution < -0.4 is 10.5 Å². The van der Waals surface area contributed by atoms with Gasteiger partial charge in [0.25, 0.3) is 0 Å². The van der Waals surface area contributed by atoms with Crippen LogP contribution in [0.5, 0.6) is 5.88 Å². The topological polar surface area (TPSA) is 85.4 Å². The lowest BCUT2D eigenvalue weighted by Gasteiger charge is -2.07. The van der Waals surface area contributed by atoms with Gasteiger partial charge in [0, 0.05) is 17.0 Å². The number of hydrogen-bond acceptors (Lipinski definition) is 5. The maximum absolute atomic E-state index is 10.4. The zero-order valence-electron chi connectivity index (χ0n) is 7.06. The predicted octanol–water partition coefficient (Wildman–Crippen LogP) is 0.626. The molecule has 0 bridgehead atoms. The van der Waals surface area contributed by atoms with Crippen LogP contribution in [-0.2, 0) is 4.79 Å². The monoisotopic (exact) mass is 202 g/mol. The van der Waals surface area contributed by atoms with Crippen molar-refractivity contribution in [3.05, 3.63) is 10.9 Å². The summed E-state index contributed by atoms with van der Waals surface area (Å²) in [6.45, 7) is 0.